The molecule has 0 bridgehead atoms. The molecule has 0 rings (SSSR count). The van der Waals surface area contributed by atoms with Gasteiger partial charge in [-0.25, -0.2) is 0 Å². The van der Waals surface area contributed by atoms with Crippen molar-refractivity contribution in [3.63, 3.8) is 0 Å². The van der Waals surface area contributed by atoms with Gasteiger partial charge in [-0.15, -0.1) is 0 Å². The Morgan fingerprint density at radius 2 is 1.94 bits per heavy atom. The van der Waals surface area contributed by atoms with Gasteiger partial charge in [-0.05, 0) is 25.2 Å². The molecule has 0 aliphatic rings. The third kappa shape index (κ3) is 9.92. The lowest BCUT2D eigenvalue weighted by Gasteiger charge is -2.17. The molecule has 0 aromatic heterocycles. The summed E-state index contributed by atoms with van der Waals surface area (Å²) in [6.07, 6.45) is 2.15. The summed E-state index contributed by atoms with van der Waals surface area (Å²) >= 11 is 0. The molecule has 6 heteroatoms. The fraction of sp³-hybridized carbons (Fsp3) is 0.900. The molecule has 0 fully saturated rings. The van der Waals surface area contributed by atoms with E-state index in [1.807, 2.05) is 13.8 Å². The zero-order chi connectivity index (χ0) is 12.8. The zero-order valence-electron chi connectivity index (χ0n) is 9.97. The van der Waals surface area contributed by atoms with E-state index in [4.69, 9.17) is 9.29 Å². The van der Waals surface area contributed by atoms with Crippen LogP contribution in [0.25, 0.3) is 0 Å². The van der Waals surface area contributed by atoms with E-state index in [0.717, 1.165) is 6.26 Å². The maximum Gasteiger partial charge on any atom is 0.303 e. The van der Waals surface area contributed by atoms with E-state index in [1.54, 1.807) is 0 Å². The van der Waals surface area contributed by atoms with Crippen LogP contribution in [0, 0.1) is 5.92 Å². The second-order valence-electron chi connectivity index (χ2n) is 4.34. The average Bonchev–Trinajstić information content (AvgIpc) is 1.98. The van der Waals surface area contributed by atoms with E-state index < -0.39 is 22.2 Å². The number of aliphatic carboxylic acids is 1. The summed E-state index contributed by atoms with van der Waals surface area (Å²) < 4.78 is 26.9. The smallest absolute Gasteiger partial charge is 0.303 e. The highest BCUT2D eigenvalue weighted by Crippen LogP contribution is 2.16. The Bertz CT molecular complexity index is 307. The Balaban J connectivity index is 4.16. The van der Waals surface area contributed by atoms with Crippen molar-refractivity contribution in [1.82, 2.24) is 0 Å². The summed E-state index contributed by atoms with van der Waals surface area (Å²) in [6.45, 7) is 3.94. The van der Waals surface area contributed by atoms with Gasteiger partial charge in [-0.2, -0.15) is 8.42 Å². The third-order valence-electron chi connectivity index (χ3n) is 1.96. The Hall–Kier alpha value is -0.620. The van der Waals surface area contributed by atoms with E-state index in [-0.39, 0.29) is 6.42 Å². The minimum atomic E-state index is -3.47. The molecule has 0 saturated heterocycles. The number of hydrogen-bond acceptors (Lipinski definition) is 4. The average molecular weight is 252 g/mol. The molecule has 0 aliphatic carbocycles. The molecule has 1 N–H and O–H groups in total. The van der Waals surface area contributed by atoms with Gasteiger partial charge in [0.2, 0.25) is 0 Å². The lowest BCUT2D eigenvalue weighted by atomic mass is 10.0. The number of rotatable bonds is 8. The fourth-order valence-corrected chi connectivity index (χ4v) is 2.13. The molecule has 0 aromatic rings. The first-order chi connectivity index (χ1) is 7.20. The van der Waals surface area contributed by atoms with Crippen molar-refractivity contribution in [3.8, 4) is 0 Å². The molecule has 1 unspecified atom stereocenters. The van der Waals surface area contributed by atoms with Crippen LogP contribution >= 0.6 is 0 Å². The van der Waals surface area contributed by atoms with Crippen molar-refractivity contribution in [1.29, 1.82) is 0 Å². The van der Waals surface area contributed by atoms with Crippen LogP contribution in [0.15, 0.2) is 0 Å². The number of carbonyl (C=O) groups is 1. The number of carboxylic acids is 1. The summed E-state index contributed by atoms with van der Waals surface area (Å²) in [5.74, 6) is -0.556. The molecule has 0 spiro atoms. The fourth-order valence-electron chi connectivity index (χ4n) is 1.46. The molecule has 0 saturated carbocycles. The third-order valence-corrected chi connectivity index (χ3v) is 2.58. The Kier molecular flexibility index (Phi) is 6.59. The summed E-state index contributed by atoms with van der Waals surface area (Å²) in [7, 11) is -3.47. The standard InChI is InChI=1S/C10H20O5S/c1-8(2)7-9(15-16(3,13)14)5-4-6-10(11)12/h8-9H,4-7H2,1-3H3,(H,11,12). The monoisotopic (exact) mass is 252 g/mol. The summed E-state index contributed by atoms with van der Waals surface area (Å²) in [5, 5.41) is 8.48. The van der Waals surface area contributed by atoms with E-state index in [9.17, 15) is 13.2 Å². The van der Waals surface area contributed by atoms with E-state index >= 15 is 0 Å². The van der Waals surface area contributed by atoms with Gasteiger partial charge in [0.25, 0.3) is 10.1 Å². The maximum absolute atomic E-state index is 11.0. The maximum atomic E-state index is 11.0. The second-order valence-corrected chi connectivity index (χ2v) is 5.94. The molecular formula is C10H20O5S. The van der Waals surface area contributed by atoms with Crippen molar-refractivity contribution < 1.29 is 22.5 Å². The van der Waals surface area contributed by atoms with E-state index in [1.165, 1.54) is 0 Å². The molecule has 0 aliphatic heterocycles. The Morgan fingerprint density at radius 1 is 1.38 bits per heavy atom. The summed E-state index contributed by atoms with van der Waals surface area (Å²) in [6, 6.07) is 0. The molecule has 96 valence electrons. The van der Waals surface area contributed by atoms with Crippen molar-refractivity contribution in [2.24, 2.45) is 5.92 Å². The molecule has 0 heterocycles. The van der Waals surface area contributed by atoms with Crippen molar-refractivity contribution in [3.05, 3.63) is 0 Å². The number of carboxylic acid groups (broad SMARTS) is 1. The van der Waals surface area contributed by atoms with Gasteiger partial charge in [0.15, 0.2) is 0 Å². The van der Waals surface area contributed by atoms with E-state index in [2.05, 4.69) is 0 Å². The second kappa shape index (κ2) is 6.85. The first-order valence-corrected chi connectivity index (χ1v) is 7.12. The van der Waals surface area contributed by atoms with Crippen LogP contribution in [0.1, 0.15) is 39.5 Å². The molecule has 16 heavy (non-hydrogen) atoms. The van der Waals surface area contributed by atoms with Crippen molar-refractivity contribution in [2.45, 2.75) is 45.6 Å². The SMILES string of the molecule is CC(C)CC(CCCC(=O)O)OS(C)(=O)=O. The van der Waals surface area contributed by atoms with Gasteiger partial charge in [0.1, 0.15) is 0 Å². The Labute approximate surface area is 96.9 Å². The van der Waals surface area contributed by atoms with Gasteiger partial charge < -0.3 is 5.11 Å². The molecule has 0 amide bonds. The lowest BCUT2D eigenvalue weighted by Crippen LogP contribution is -2.20. The van der Waals surface area contributed by atoms with E-state index in [0.29, 0.717) is 25.2 Å². The van der Waals surface area contributed by atoms with Crippen molar-refractivity contribution in [2.75, 3.05) is 6.26 Å². The van der Waals surface area contributed by atoms with Crippen LogP contribution in [-0.4, -0.2) is 31.9 Å². The van der Waals surface area contributed by atoms with Gasteiger partial charge >= 0.3 is 5.97 Å². The van der Waals surface area contributed by atoms with Crippen LogP contribution in [0.2, 0.25) is 0 Å². The van der Waals surface area contributed by atoms with Crippen LogP contribution in [-0.2, 0) is 19.1 Å². The largest absolute Gasteiger partial charge is 0.481 e. The van der Waals surface area contributed by atoms with Crippen LogP contribution in [0.5, 0.6) is 0 Å². The van der Waals surface area contributed by atoms with Gasteiger partial charge in [0, 0.05) is 6.42 Å². The predicted molar refractivity (Wildman–Crippen MR) is 60.7 cm³/mol. The minimum absolute atomic E-state index is 0.0434. The van der Waals surface area contributed by atoms with Crippen molar-refractivity contribution >= 4 is 16.1 Å². The predicted octanol–water partition coefficient (Wildman–Crippen LogP) is 1.63. The molecule has 0 aromatic carbocycles. The highest BCUT2D eigenvalue weighted by molar-refractivity contribution is 7.86. The highest BCUT2D eigenvalue weighted by Gasteiger charge is 2.17. The van der Waals surface area contributed by atoms with Crippen LogP contribution in [0.3, 0.4) is 0 Å². The first kappa shape index (κ1) is 15.4. The van der Waals surface area contributed by atoms with Crippen LogP contribution < -0.4 is 0 Å². The summed E-state index contributed by atoms with van der Waals surface area (Å²) in [4.78, 5) is 10.3. The topological polar surface area (TPSA) is 80.7 Å². The molecule has 5 nitrogen and oxygen atoms in total. The minimum Gasteiger partial charge on any atom is -0.481 e. The van der Waals surface area contributed by atoms with Gasteiger partial charge in [0.05, 0.1) is 12.4 Å². The highest BCUT2D eigenvalue weighted by atomic mass is 32.2. The number of hydrogen-bond donors (Lipinski definition) is 1. The van der Waals surface area contributed by atoms with Gasteiger partial charge in [-0.3, -0.25) is 8.98 Å². The zero-order valence-corrected chi connectivity index (χ0v) is 10.8. The summed E-state index contributed by atoms with van der Waals surface area (Å²) in [5.41, 5.74) is 0. The quantitative estimate of drug-likeness (QED) is 0.664. The first-order valence-electron chi connectivity index (χ1n) is 5.30. The lowest BCUT2D eigenvalue weighted by molar-refractivity contribution is -0.137. The van der Waals surface area contributed by atoms with Crippen LogP contribution in [0.4, 0.5) is 0 Å². The normalized spacial score (nSPS) is 14.0. The molecular weight excluding hydrogens is 232 g/mol. The van der Waals surface area contributed by atoms with Gasteiger partial charge in [-0.1, -0.05) is 13.8 Å². The molecule has 1 atom stereocenters. The molecule has 0 radical (unpaired) electrons. The Morgan fingerprint density at radius 3 is 2.31 bits per heavy atom.